The van der Waals surface area contributed by atoms with E-state index in [0.29, 0.717) is 11.4 Å². The van der Waals surface area contributed by atoms with Crippen molar-refractivity contribution in [3.63, 3.8) is 0 Å². The summed E-state index contributed by atoms with van der Waals surface area (Å²) in [5.74, 6) is 0.492. The van der Waals surface area contributed by atoms with Crippen LogP contribution in [-0.2, 0) is 0 Å². The molecule has 0 atom stereocenters. The first-order valence-electron chi connectivity index (χ1n) is 9.84. The molecule has 0 aliphatic heterocycles. The Hall–Kier alpha value is -3.41. The molecule has 1 aromatic heterocycles. The van der Waals surface area contributed by atoms with Gasteiger partial charge in [-0.05, 0) is 49.2 Å². The number of aromatic amines is 1. The molecule has 3 rings (SSSR count). The van der Waals surface area contributed by atoms with E-state index in [0.717, 1.165) is 29.9 Å². The largest absolute Gasteiger partial charge is 0.494 e. The Bertz CT molecular complexity index is 944. The average Bonchev–Trinajstić information content (AvgIpc) is 3.23. The third kappa shape index (κ3) is 6.04. The number of aryl methyl sites for hydroxylation is 1. The molecule has 0 fully saturated rings. The Labute approximate surface area is 171 Å². The van der Waals surface area contributed by atoms with Gasteiger partial charge in [0.15, 0.2) is 0 Å². The quantitative estimate of drug-likeness (QED) is 0.315. The van der Waals surface area contributed by atoms with E-state index in [1.54, 1.807) is 12.3 Å². The van der Waals surface area contributed by atoms with Gasteiger partial charge in [-0.15, -0.1) is 0 Å². The molecule has 1 amide bonds. The summed E-state index contributed by atoms with van der Waals surface area (Å²) >= 11 is 0. The molecule has 29 heavy (non-hydrogen) atoms. The summed E-state index contributed by atoms with van der Waals surface area (Å²) in [6.07, 6.45) is 5.00. The van der Waals surface area contributed by atoms with E-state index < -0.39 is 0 Å². The summed E-state index contributed by atoms with van der Waals surface area (Å²) < 4.78 is 5.68. The first kappa shape index (κ1) is 20.3. The number of benzene rings is 2. The van der Waals surface area contributed by atoms with E-state index in [1.165, 1.54) is 18.4 Å². The van der Waals surface area contributed by atoms with Crippen molar-refractivity contribution in [1.82, 2.24) is 15.6 Å². The van der Waals surface area contributed by atoms with Gasteiger partial charge >= 0.3 is 0 Å². The predicted molar refractivity (Wildman–Crippen MR) is 115 cm³/mol. The summed E-state index contributed by atoms with van der Waals surface area (Å²) in [6.45, 7) is 4.92. The Balaban J connectivity index is 1.51. The van der Waals surface area contributed by atoms with Crippen LogP contribution < -0.4 is 10.2 Å². The molecule has 3 aromatic rings. The number of aromatic nitrogens is 2. The smallest absolute Gasteiger partial charge is 0.289 e. The van der Waals surface area contributed by atoms with Crippen LogP contribution in [0.4, 0.5) is 0 Å². The fourth-order valence-corrected chi connectivity index (χ4v) is 2.73. The summed E-state index contributed by atoms with van der Waals surface area (Å²) in [4.78, 5) is 12.2. The molecule has 0 aliphatic rings. The van der Waals surface area contributed by atoms with Crippen molar-refractivity contribution in [1.29, 1.82) is 0 Å². The van der Waals surface area contributed by atoms with Gasteiger partial charge in [0.2, 0.25) is 0 Å². The van der Waals surface area contributed by atoms with Gasteiger partial charge in [-0.25, -0.2) is 5.43 Å². The highest BCUT2D eigenvalue weighted by molar-refractivity contribution is 5.94. The van der Waals surface area contributed by atoms with Gasteiger partial charge in [0.25, 0.3) is 5.91 Å². The maximum absolute atomic E-state index is 12.2. The molecule has 2 aromatic carbocycles. The number of hydrogen-bond acceptors (Lipinski definition) is 4. The molecule has 0 saturated heterocycles. The average molecular weight is 390 g/mol. The van der Waals surface area contributed by atoms with Crippen LogP contribution in [0.25, 0.3) is 11.3 Å². The number of rotatable bonds is 9. The molecule has 0 radical (unpaired) electrons. The van der Waals surface area contributed by atoms with Crippen molar-refractivity contribution in [2.24, 2.45) is 5.10 Å². The second-order valence-electron chi connectivity index (χ2n) is 6.86. The number of H-pyrrole nitrogens is 1. The zero-order valence-electron chi connectivity index (χ0n) is 16.8. The summed E-state index contributed by atoms with van der Waals surface area (Å²) in [5.41, 5.74) is 6.58. The van der Waals surface area contributed by atoms with E-state index in [4.69, 9.17) is 4.74 Å². The second kappa shape index (κ2) is 10.2. The first-order valence-corrected chi connectivity index (χ1v) is 9.84. The minimum Gasteiger partial charge on any atom is -0.494 e. The number of unbranched alkanes of at least 4 members (excludes halogenated alkanes) is 2. The number of nitrogens with zero attached hydrogens (tertiary/aromatic N) is 2. The van der Waals surface area contributed by atoms with Gasteiger partial charge in [-0.2, -0.15) is 10.2 Å². The highest BCUT2D eigenvalue weighted by Crippen LogP contribution is 2.18. The number of carbonyl (C=O) groups excluding carboxylic acids is 1. The van der Waals surface area contributed by atoms with Crippen molar-refractivity contribution < 1.29 is 9.53 Å². The normalized spacial score (nSPS) is 11.0. The van der Waals surface area contributed by atoms with Crippen molar-refractivity contribution in [2.45, 2.75) is 33.1 Å². The lowest BCUT2D eigenvalue weighted by Gasteiger charge is -2.05. The van der Waals surface area contributed by atoms with Crippen LogP contribution in [0.5, 0.6) is 5.75 Å². The van der Waals surface area contributed by atoms with Gasteiger partial charge in [-0.3, -0.25) is 9.89 Å². The zero-order chi connectivity index (χ0) is 20.5. The first-order chi connectivity index (χ1) is 14.2. The Morgan fingerprint density at radius 2 is 1.90 bits per heavy atom. The van der Waals surface area contributed by atoms with E-state index in [9.17, 15) is 4.79 Å². The molecule has 150 valence electrons. The number of carbonyl (C=O) groups is 1. The number of nitrogens with one attached hydrogen (secondary N) is 2. The maximum Gasteiger partial charge on any atom is 0.289 e. The standard InChI is InChI=1S/C23H26N4O2/c1-3-4-5-14-29-20-12-8-18(9-13-20)16-24-27-23(28)22-15-21(25-26-22)19-10-6-17(2)7-11-19/h6-13,15-16H,3-5,14H2,1-2H3,(H,25,26)(H,27,28). The molecular formula is C23H26N4O2. The van der Waals surface area contributed by atoms with E-state index in [-0.39, 0.29) is 5.91 Å². The van der Waals surface area contributed by atoms with Crippen LogP contribution in [-0.4, -0.2) is 28.9 Å². The molecule has 0 aliphatic carbocycles. The van der Waals surface area contributed by atoms with Crippen molar-refractivity contribution >= 4 is 12.1 Å². The molecule has 0 bridgehead atoms. The third-order valence-electron chi connectivity index (χ3n) is 4.45. The van der Waals surface area contributed by atoms with Gasteiger partial charge in [0.05, 0.1) is 18.5 Å². The van der Waals surface area contributed by atoms with Gasteiger partial charge in [0.1, 0.15) is 11.4 Å². The monoisotopic (exact) mass is 390 g/mol. The second-order valence-corrected chi connectivity index (χ2v) is 6.86. The topological polar surface area (TPSA) is 79.4 Å². The van der Waals surface area contributed by atoms with Crippen LogP contribution in [0.3, 0.4) is 0 Å². The van der Waals surface area contributed by atoms with Crippen molar-refractivity contribution in [3.8, 4) is 17.0 Å². The summed E-state index contributed by atoms with van der Waals surface area (Å²) in [5, 5.41) is 11.0. The number of hydrazone groups is 1. The Morgan fingerprint density at radius 3 is 2.62 bits per heavy atom. The Morgan fingerprint density at radius 1 is 1.14 bits per heavy atom. The van der Waals surface area contributed by atoms with Gasteiger partial charge in [0, 0.05) is 5.56 Å². The highest BCUT2D eigenvalue weighted by Gasteiger charge is 2.10. The maximum atomic E-state index is 12.2. The minimum absolute atomic E-state index is 0.344. The number of hydrogen-bond donors (Lipinski definition) is 2. The lowest BCUT2D eigenvalue weighted by Crippen LogP contribution is -2.17. The van der Waals surface area contributed by atoms with Crippen LogP contribution in [0.2, 0.25) is 0 Å². The van der Waals surface area contributed by atoms with E-state index >= 15 is 0 Å². The predicted octanol–water partition coefficient (Wildman–Crippen LogP) is 4.72. The molecule has 0 spiro atoms. The van der Waals surface area contributed by atoms with E-state index in [1.807, 2.05) is 55.5 Å². The number of amides is 1. The molecule has 0 saturated carbocycles. The zero-order valence-corrected chi connectivity index (χ0v) is 16.8. The fourth-order valence-electron chi connectivity index (χ4n) is 2.73. The third-order valence-corrected chi connectivity index (χ3v) is 4.45. The van der Waals surface area contributed by atoms with Crippen molar-refractivity contribution in [3.05, 3.63) is 71.4 Å². The summed E-state index contributed by atoms with van der Waals surface area (Å²) in [7, 11) is 0. The fraction of sp³-hybridized carbons (Fsp3) is 0.261. The van der Waals surface area contributed by atoms with Gasteiger partial charge in [-0.1, -0.05) is 49.6 Å². The Kier molecular flexibility index (Phi) is 7.16. The molecule has 6 heteroatoms. The molecule has 0 unspecified atom stereocenters. The molecular weight excluding hydrogens is 364 g/mol. The van der Waals surface area contributed by atoms with Gasteiger partial charge < -0.3 is 4.74 Å². The minimum atomic E-state index is -0.344. The van der Waals surface area contributed by atoms with Crippen LogP contribution >= 0.6 is 0 Å². The molecule has 6 nitrogen and oxygen atoms in total. The van der Waals surface area contributed by atoms with Crippen LogP contribution in [0.1, 0.15) is 47.8 Å². The molecule has 2 N–H and O–H groups in total. The van der Waals surface area contributed by atoms with Crippen LogP contribution in [0, 0.1) is 6.92 Å². The van der Waals surface area contributed by atoms with Crippen LogP contribution in [0.15, 0.2) is 59.7 Å². The van der Waals surface area contributed by atoms with Crippen molar-refractivity contribution in [2.75, 3.05) is 6.61 Å². The molecule has 1 heterocycles. The summed E-state index contributed by atoms with van der Waals surface area (Å²) in [6, 6.07) is 17.3. The SMILES string of the molecule is CCCCCOc1ccc(C=NNC(=O)c2cc(-c3ccc(C)cc3)n[nH]2)cc1. The van der Waals surface area contributed by atoms with E-state index in [2.05, 4.69) is 27.6 Å². The lowest BCUT2D eigenvalue weighted by molar-refractivity contribution is 0.0950. The lowest BCUT2D eigenvalue weighted by atomic mass is 10.1. The number of ether oxygens (including phenoxy) is 1. The highest BCUT2D eigenvalue weighted by atomic mass is 16.5.